The molecule has 5 nitrogen and oxygen atoms in total. The summed E-state index contributed by atoms with van der Waals surface area (Å²) in [5.41, 5.74) is 5.39. The number of likely N-dealkylation sites (tertiary alicyclic amines) is 1. The van der Waals surface area contributed by atoms with E-state index in [1.807, 2.05) is 29.2 Å². The van der Waals surface area contributed by atoms with E-state index in [2.05, 4.69) is 5.32 Å². The first-order valence-corrected chi connectivity index (χ1v) is 10.1. The lowest BCUT2D eigenvalue weighted by molar-refractivity contribution is -0.135. The van der Waals surface area contributed by atoms with Gasteiger partial charge >= 0.3 is 0 Å². The molecule has 2 amide bonds. The molecule has 0 spiro atoms. The molecule has 0 aromatic heterocycles. The maximum Gasteiger partial charge on any atom is 0.223 e. The molecule has 1 aliphatic heterocycles. The van der Waals surface area contributed by atoms with Crippen LogP contribution >= 0.6 is 23.4 Å². The quantitative estimate of drug-likeness (QED) is 0.677. The molecule has 1 atom stereocenters. The van der Waals surface area contributed by atoms with E-state index >= 15 is 0 Å². The van der Waals surface area contributed by atoms with Gasteiger partial charge in [-0.05, 0) is 31.4 Å². The summed E-state index contributed by atoms with van der Waals surface area (Å²) < 4.78 is 0. The van der Waals surface area contributed by atoms with E-state index in [1.165, 1.54) is 0 Å². The van der Waals surface area contributed by atoms with E-state index < -0.39 is 0 Å². The van der Waals surface area contributed by atoms with Crippen LogP contribution in [0.5, 0.6) is 0 Å². The number of carbonyl (C=O) groups is 2. The number of benzene rings is 1. The summed E-state index contributed by atoms with van der Waals surface area (Å²) in [6.07, 6.45) is 3.86. The lowest BCUT2D eigenvalue weighted by atomic mass is 10.0. The molecule has 7 heteroatoms. The maximum absolute atomic E-state index is 12.6. The second-order valence-electron chi connectivity index (χ2n) is 6.11. The monoisotopic (exact) mass is 383 g/mol. The highest BCUT2D eigenvalue weighted by Gasteiger charge is 2.26. The van der Waals surface area contributed by atoms with E-state index in [4.69, 9.17) is 17.3 Å². The van der Waals surface area contributed by atoms with Gasteiger partial charge in [0.1, 0.15) is 0 Å². The zero-order chi connectivity index (χ0) is 18.1. The zero-order valence-electron chi connectivity index (χ0n) is 14.4. The van der Waals surface area contributed by atoms with Crippen LogP contribution in [0.1, 0.15) is 32.1 Å². The van der Waals surface area contributed by atoms with Gasteiger partial charge in [0.2, 0.25) is 11.8 Å². The van der Waals surface area contributed by atoms with Gasteiger partial charge in [-0.25, -0.2) is 0 Å². The number of carbonyl (C=O) groups excluding carboxylic acids is 2. The number of rotatable bonds is 8. The van der Waals surface area contributed by atoms with Gasteiger partial charge in [0, 0.05) is 49.2 Å². The van der Waals surface area contributed by atoms with E-state index in [9.17, 15) is 9.59 Å². The fourth-order valence-electron chi connectivity index (χ4n) is 2.95. The normalized spacial score (nSPS) is 17.4. The SMILES string of the molecule is NCCC(=O)NCC1CCCCN1C(=O)CCSc1ccccc1Cl. The Kier molecular flexibility index (Phi) is 8.58. The van der Waals surface area contributed by atoms with E-state index in [1.54, 1.807) is 11.8 Å². The summed E-state index contributed by atoms with van der Waals surface area (Å²) in [7, 11) is 0. The Morgan fingerprint density at radius 3 is 2.84 bits per heavy atom. The number of nitrogens with zero attached hydrogens (tertiary/aromatic N) is 1. The Labute approximate surface area is 158 Å². The number of piperidine rings is 1. The molecule has 1 aliphatic rings. The maximum atomic E-state index is 12.6. The van der Waals surface area contributed by atoms with Crippen molar-refractivity contribution >= 4 is 35.2 Å². The molecule has 1 unspecified atom stereocenters. The Morgan fingerprint density at radius 1 is 1.28 bits per heavy atom. The van der Waals surface area contributed by atoms with Crippen LogP contribution in [-0.2, 0) is 9.59 Å². The fourth-order valence-corrected chi connectivity index (χ4v) is 4.12. The van der Waals surface area contributed by atoms with Crippen molar-refractivity contribution in [2.24, 2.45) is 5.73 Å². The molecule has 0 saturated carbocycles. The third kappa shape index (κ3) is 6.53. The number of thioether (sulfide) groups is 1. The lowest BCUT2D eigenvalue weighted by Crippen LogP contribution is -2.49. The lowest BCUT2D eigenvalue weighted by Gasteiger charge is -2.36. The Bertz CT molecular complexity index is 585. The highest BCUT2D eigenvalue weighted by Crippen LogP contribution is 2.27. The second-order valence-corrected chi connectivity index (χ2v) is 7.65. The van der Waals surface area contributed by atoms with Gasteiger partial charge in [-0.2, -0.15) is 0 Å². The van der Waals surface area contributed by atoms with Crippen molar-refractivity contribution < 1.29 is 9.59 Å². The molecule has 1 saturated heterocycles. The molecule has 0 radical (unpaired) electrons. The molecule has 3 N–H and O–H groups in total. The van der Waals surface area contributed by atoms with Crippen molar-refractivity contribution in [3.8, 4) is 0 Å². The van der Waals surface area contributed by atoms with E-state index in [-0.39, 0.29) is 17.9 Å². The average molecular weight is 384 g/mol. The number of hydrogen-bond acceptors (Lipinski definition) is 4. The van der Waals surface area contributed by atoms with Gasteiger partial charge in [-0.3, -0.25) is 9.59 Å². The molecule has 1 heterocycles. The van der Waals surface area contributed by atoms with Crippen LogP contribution in [0.25, 0.3) is 0 Å². The molecule has 1 aromatic carbocycles. The predicted molar refractivity (Wildman–Crippen MR) is 103 cm³/mol. The predicted octanol–water partition coefficient (Wildman–Crippen LogP) is 2.67. The summed E-state index contributed by atoms with van der Waals surface area (Å²) in [6, 6.07) is 7.76. The van der Waals surface area contributed by atoms with E-state index in [0.717, 1.165) is 35.7 Å². The van der Waals surface area contributed by atoms with Crippen LogP contribution in [0.2, 0.25) is 5.02 Å². The minimum Gasteiger partial charge on any atom is -0.354 e. The number of hydrogen-bond donors (Lipinski definition) is 2. The Hall–Kier alpha value is -1.24. The molecule has 25 heavy (non-hydrogen) atoms. The van der Waals surface area contributed by atoms with Gasteiger partial charge in [0.05, 0.1) is 5.02 Å². The van der Waals surface area contributed by atoms with Crippen LogP contribution in [0.4, 0.5) is 0 Å². The van der Waals surface area contributed by atoms with Crippen LogP contribution in [0.3, 0.4) is 0 Å². The molecule has 2 rings (SSSR count). The number of amides is 2. The molecule has 0 bridgehead atoms. The first kappa shape index (κ1) is 20.1. The first-order valence-electron chi connectivity index (χ1n) is 8.75. The van der Waals surface area contributed by atoms with Gasteiger partial charge in [0.25, 0.3) is 0 Å². The summed E-state index contributed by atoms with van der Waals surface area (Å²) in [5, 5.41) is 3.61. The standard InChI is InChI=1S/C18H26ClN3O2S/c19-15-6-1-2-7-16(15)25-12-9-18(24)22-11-4-3-5-14(22)13-21-17(23)8-10-20/h1-2,6-7,14H,3-5,8-13,20H2,(H,21,23). The summed E-state index contributed by atoms with van der Waals surface area (Å²) in [5.74, 6) is 0.803. The fraction of sp³-hybridized carbons (Fsp3) is 0.556. The molecule has 1 fully saturated rings. The van der Waals surface area contributed by atoms with Gasteiger partial charge in [-0.1, -0.05) is 23.7 Å². The highest BCUT2D eigenvalue weighted by atomic mass is 35.5. The molecule has 1 aromatic rings. The van der Waals surface area contributed by atoms with Crippen LogP contribution in [0.15, 0.2) is 29.2 Å². The van der Waals surface area contributed by atoms with Crippen molar-refractivity contribution in [2.75, 3.05) is 25.4 Å². The number of halogens is 1. The first-order chi connectivity index (χ1) is 12.1. The average Bonchev–Trinajstić information content (AvgIpc) is 2.62. The molecule has 138 valence electrons. The van der Waals surface area contributed by atoms with Crippen LogP contribution < -0.4 is 11.1 Å². The minimum atomic E-state index is -0.0465. The highest BCUT2D eigenvalue weighted by molar-refractivity contribution is 7.99. The number of nitrogens with one attached hydrogen (secondary N) is 1. The number of nitrogens with two attached hydrogens (primary N) is 1. The third-order valence-corrected chi connectivity index (χ3v) is 5.78. The third-order valence-electron chi connectivity index (χ3n) is 4.26. The second kappa shape index (κ2) is 10.7. The Balaban J connectivity index is 1.81. The van der Waals surface area contributed by atoms with Crippen molar-refractivity contribution in [3.63, 3.8) is 0 Å². The molecular formula is C18H26ClN3O2S. The van der Waals surface area contributed by atoms with Crippen molar-refractivity contribution in [2.45, 2.75) is 43.0 Å². The summed E-state index contributed by atoms with van der Waals surface area (Å²) >= 11 is 7.75. The Morgan fingerprint density at radius 2 is 2.08 bits per heavy atom. The topological polar surface area (TPSA) is 75.4 Å². The van der Waals surface area contributed by atoms with Crippen LogP contribution in [-0.4, -0.2) is 48.1 Å². The van der Waals surface area contributed by atoms with Crippen LogP contribution in [0, 0.1) is 0 Å². The van der Waals surface area contributed by atoms with Crippen molar-refractivity contribution in [1.29, 1.82) is 0 Å². The van der Waals surface area contributed by atoms with Crippen molar-refractivity contribution in [3.05, 3.63) is 29.3 Å². The van der Waals surface area contributed by atoms with E-state index in [0.29, 0.717) is 31.7 Å². The van der Waals surface area contributed by atoms with Gasteiger partial charge < -0.3 is 16.0 Å². The minimum absolute atomic E-state index is 0.0465. The smallest absolute Gasteiger partial charge is 0.223 e. The van der Waals surface area contributed by atoms with Crippen molar-refractivity contribution in [1.82, 2.24) is 10.2 Å². The zero-order valence-corrected chi connectivity index (χ0v) is 16.0. The summed E-state index contributed by atoms with van der Waals surface area (Å²) in [4.78, 5) is 27.1. The summed E-state index contributed by atoms with van der Waals surface area (Å²) in [6.45, 7) is 1.63. The molecule has 0 aliphatic carbocycles. The van der Waals surface area contributed by atoms with Gasteiger partial charge in [0.15, 0.2) is 0 Å². The largest absolute Gasteiger partial charge is 0.354 e. The van der Waals surface area contributed by atoms with Gasteiger partial charge in [-0.15, -0.1) is 11.8 Å². The molecular weight excluding hydrogens is 358 g/mol.